The molecule has 1 heterocycles. The second-order valence-corrected chi connectivity index (χ2v) is 11.6. The van der Waals surface area contributed by atoms with Crippen LogP contribution in [0.1, 0.15) is 55.6 Å². The van der Waals surface area contributed by atoms with Crippen molar-refractivity contribution in [3.63, 3.8) is 0 Å². The minimum Gasteiger partial charge on any atom is -0.348 e. The van der Waals surface area contributed by atoms with Crippen LogP contribution in [-0.4, -0.2) is 4.57 Å². The maximum atomic E-state index is 2.52. The van der Waals surface area contributed by atoms with Gasteiger partial charge in [-0.15, -0.1) is 0 Å². The molecule has 0 radical (unpaired) electrons. The summed E-state index contributed by atoms with van der Waals surface area (Å²) >= 11 is 0. The summed E-state index contributed by atoms with van der Waals surface area (Å²) in [6, 6.07) is 30.1. The van der Waals surface area contributed by atoms with Crippen LogP contribution in [-0.2, 0) is 17.9 Å². The predicted octanol–water partition coefficient (Wildman–Crippen LogP) is 8.77. The number of aryl methyl sites for hydroxylation is 1. The van der Waals surface area contributed by atoms with Gasteiger partial charge in [0.25, 0.3) is 0 Å². The number of benzene rings is 4. The van der Waals surface area contributed by atoms with E-state index in [-0.39, 0.29) is 10.8 Å². The molecule has 2 aliphatic carbocycles. The molecule has 0 unspecified atom stereocenters. The van der Waals surface area contributed by atoms with Gasteiger partial charge in [-0.25, -0.2) is 0 Å². The molecule has 1 heteroatoms. The van der Waals surface area contributed by atoms with Gasteiger partial charge in [0.2, 0.25) is 0 Å². The summed E-state index contributed by atoms with van der Waals surface area (Å²) in [7, 11) is 2.16. The molecule has 2 aliphatic rings. The second kappa shape index (κ2) is 6.55. The largest absolute Gasteiger partial charge is 0.348 e. The van der Waals surface area contributed by atoms with Gasteiger partial charge in [0.05, 0.1) is 0 Å². The van der Waals surface area contributed by atoms with E-state index in [4.69, 9.17) is 0 Å². The van der Waals surface area contributed by atoms with Crippen molar-refractivity contribution in [3.8, 4) is 33.5 Å². The fraction of sp³-hybridized carbons (Fsp3) is 0.235. The van der Waals surface area contributed by atoms with E-state index in [2.05, 4.69) is 125 Å². The molecule has 5 aromatic rings. The Kier molecular flexibility index (Phi) is 3.88. The number of nitrogens with zero attached hydrogens (tertiary/aromatic N) is 1. The zero-order valence-corrected chi connectivity index (χ0v) is 21.5. The summed E-state index contributed by atoms with van der Waals surface area (Å²) in [4.78, 5) is 0. The lowest BCUT2D eigenvalue weighted by atomic mass is 9.79. The molecule has 0 bridgehead atoms. The molecule has 0 N–H and O–H groups in total. The van der Waals surface area contributed by atoms with Crippen LogP contribution in [0, 0.1) is 6.92 Å². The molecule has 0 saturated carbocycles. The molecule has 0 atom stereocenters. The molecule has 1 aromatic heterocycles. The maximum Gasteiger partial charge on any atom is 0.0479 e. The highest BCUT2D eigenvalue weighted by molar-refractivity contribution is 6.03. The number of hydrogen-bond donors (Lipinski definition) is 0. The Morgan fingerprint density at radius 2 is 1.29 bits per heavy atom. The van der Waals surface area contributed by atoms with Crippen molar-refractivity contribution in [1.29, 1.82) is 0 Å². The smallest absolute Gasteiger partial charge is 0.0479 e. The topological polar surface area (TPSA) is 4.93 Å². The van der Waals surface area contributed by atoms with E-state index >= 15 is 0 Å². The van der Waals surface area contributed by atoms with Gasteiger partial charge in [-0.2, -0.15) is 0 Å². The highest BCUT2D eigenvalue weighted by Gasteiger charge is 2.42. The molecule has 0 amide bonds. The van der Waals surface area contributed by atoms with Crippen molar-refractivity contribution < 1.29 is 0 Å². The van der Waals surface area contributed by atoms with E-state index in [1.165, 1.54) is 72.2 Å². The summed E-state index contributed by atoms with van der Waals surface area (Å²) in [5.74, 6) is 0. The fourth-order valence-electron chi connectivity index (χ4n) is 6.79. The average molecular weight is 454 g/mol. The number of rotatable bonds is 1. The zero-order valence-electron chi connectivity index (χ0n) is 21.5. The van der Waals surface area contributed by atoms with Crippen molar-refractivity contribution in [3.05, 3.63) is 107 Å². The van der Waals surface area contributed by atoms with Gasteiger partial charge in [0.1, 0.15) is 0 Å². The molecule has 4 aromatic carbocycles. The minimum atomic E-state index is -0.0482. The zero-order chi connectivity index (χ0) is 24.3. The first kappa shape index (κ1) is 20.8. The quantitative estimate of drug-likeness (QED) is 0.239. The molecular formula is C34H31N. The van der Waals surface area contributed by atoms with E-state index in [1.54, 1.807) is 0 Å². The summed E-state index contributed by atoms with van der Waals surface area (Å²) in [5.41, 5.74) is 15.2. The van der Waals surface area contributed by atoms with Crippen LogP contribution in [0.4, 0.5) is 0 Å². The highest BCUT2D eigenvalue weighted by atomic mass is 14.9. The SMILES string of the molecule is Cc1ccc(-c2ccc3c(c2)C(C)(C)c2cc4c(cc2-3)C(C)(C)c2ccc3ccccc3c2-4)n1C. The molecule has 0 aliphatic heterocycles. The lowest BCUT2D eigenvalue weighted by Crippen LogP contribution is -2.17. The van der Waals surface area contributed by atoms with Crippen molar-refractivity contribution in [2.24, 2.45) is 7.05 Å². The van der Waals surface area contributed by atoms with Crippen LogP contribution in [0.2, 0.25) is 0 Å². The molecule has 0 saturated heterocycles. The fourth-order valence-corrected chi connectivity index (χ4v) is 6.79. The van der Waals surface area contributed by atoms with Crippen LogP contribution in [0.5, 0.6) is 0 Å². The van der Waals surface area contributed by atoms with Crippen LogP contribution in [0.25, 0.3) is 44.3 Å². The number of fused-ring (bicyclic) bond motifs is 8. The van der Waals surface area contributed by atoms with Crippen LogP contribution < -0.4 is 0 Å². The van der Waals surface area contributed by atoms with E-state index in [0.717, 1.165) is 0 Å². The van der Waals surface area contributed by atoms with Gasteiger partial charge in [-0.1, -0.05) is 76.2 Å². The van der Waals surface area contributed by atoms with Crippen molar-refractivity contribution in [1.82, 2.24) is 4.57 Å². The van der Waals surface area contributed by atoms with Gasteiger partial charge in [-0.3, -0.25) is 0 Å². The molecule has 7 rings (SSSR count). The first-order valence-corrected chi connectivity index (χ1v) is 12.7. The van der Waals surface area contributed by atoms with Gasteiger partial charge < -0.3 is 4.57 Å². The Morgan fingerprint density at radius 3 is 2.06 bits per heavy atom. The van der Waals surface area contributed by atoms with Gasteiger partial charge >= 0.3 is 0 Å². The summed E-state index contributed by atoms with van der Waals surface area (Å²) in [5, 5.41) is 2.69. The first-order valence-electron chi connectivity index (χ1n) is 12.7. The second-order valence-electron chi connectivity index (χ2n) is 11.6. The van der Waals surface area contributed by atoms with Crippen molar-refractivity contribution >= 4 is 10.8 Å². The Morgan fingerprint density at radius 1 is 0.600 bits per heavy atom. The Labute approximate surface area is 208 Å². The lowest BCUT2D eigenvalue weighted by Gasteiger charge is -2.24. The number of aromatic nitrogens is 1. The van der Waals surface area contributed by atoms with Crippen LogP contribution in [0.3, 0.4) is 0 Å². The minimum absolute atomic E-state index is 0.0167. The Hall–Kier alpha value is -3.58. The molecule has 1 nitrogen and oxygen atoms in total. The third-order valence-electron chi connectivity index (χ3n) is 9.03. The third-order valence-corrected chi connectivity index (χ3v) is 9.03. The summed E-state index contributed by atoms with van der Waals surface area (Å²) in [6.45, 7) is 11.7. The third kappa shape index (κ3) is 2.54. The normalized spacial score (nSPS) is 16.2. The van der Waals surface area contributed by atoms with E-state index < -0.39 is 0 Å². The standard InChI is InChI=1S/C34H31N/c1-20-11-16-31(35(20)6)22-12-14-24-25-18-30-26(19-29(25)34(4,5)28(24)17-22)32-23-10-8-7-9-21(23)13-15-27(32)33(30,2)3/h7-19H,1-6H3. The van der Waals surface area contributed by atoms with Crippen molar-refractivity contribution in [2.75, 3.05) is 0 Å². The number of hydrogen-bond acceptors (Lipinski definition) is 0. The highest BCUT2D eigenvalue weighted by Crippen LogP contribution is 2.57. The Bertz CT molecular complexity index is 1710. The molecule has 0 fully saturated rings. The van der Waals surface area contributed by atoms with E-state index in [1.807, 2.05) is 0 Å². The van der Waals surface area contributed by atoms with Gasteiger partial charge in [0, 0.05) is 29.3 Å². The maximum absolute atomic E-state index is 2.52. The summed E-state index contributed by atoms with van der Waals surface area (Å²) in [6.07, 6.45) is 0. The van der Waals surface area contributed by atoms with Crippen molar-refractivity contribution in [2.45, 2.75) is 45.4 Å². The Balaban J connectivity index is 1.48. The van der Waals surface area contributed by atoms with Gasteiger partial charge in [0.15, 0.2) is 0 Å². The molecular weight excluding hydrogens is 422 g/mol. The monoisotopic (exact) mass is 453 g/mol. The van der Waals surface area contributed by atoms with E-state index in [0.29, 0.717) is 0 Å². The van der Waals surface area contributed by atoms with Crippen LogP contribution >= 0.6 is 0 Å². The first-order chi connectivity index (χ1) is 16.7. The molecule has 35 heavy (non-hydrogen) atoms. The average Bonchev–Trinajstić information content (AvgIpc) is 3.39. The molecule has 0 spiro atoms. The predicted molar refractivity (Wildman–Crippen MR) is 148 cm³/mol. The lowest BCUT2D eigenvalue weighted by molar-refractivity contribution is 0.652. The molecule has 172 valence electrons. The van der Waals surface area contributed by atoms with Gasteiger partial charge in [-0.05, 0) is 98.1 Å². The summed E-state index contributed by atoms with van der Waals surface area (Å²) < 4.78 is 2.29. The van der Waals surface area contributed by atoms with E-state index in [9.17, 15) is 0 Å². The van der Waals surface area contributed by atoms with Crippen LogP contribution in [0.15, 0.2) is 78.9 Å².